The van der Waals surface area contributed by atoms with Gasteiger partial charge in [-0.3, -0.25) is 9.48 Å². The first-order valence-electron chi connectivity index (χ1n) is 7.20. The normalized spacial score (nSPS) is 11.4. The van der Waals surface area contributed by atoms with Gasteiger partial charge in [0.1, 0.15) is 5.82 Å². The van der Waals surface area contributed by atoms with E-state index in [1.807, 2.05) is 0 Å². The first-order valence-corrected chi connectivity index (χ1v) is 8.64. The molecule has 0 spiro atoms. The third-order valence-corrected chi connectivity index (χ3v) is 4.92. The molecule has 3 rings (SSSR count). The summed E-state index contributed by atoms with van der Waals surface area (Å²) in [5.41, 5.74) is 0.607. The van der Waals surface area contributed by atoms with Crippen LogP contribution in [0.5, 0.6) is 0 Å². The zero-order chi connectivity index (χ0) is 18.0. The van der Waals surface area contributed by atoms with E-state index >= 15 is 0 Å². The average Bonchev–Trinajstić information content (AvgIpc) is 3.22. The summed E-state index contributed by atoms with van der Waals surface area (Å²) in [5, 5.41) is 10.5. The van der Waals surface area contributed by atoms with Crippen LogP contribution in [0.2, 0.25) is 0 Å². The topological polar surface area (TPSA) is 98.9 Å². The average molecular weight is 363 g/mol. The molecule has 1 aromatic carbocycles. The number of nitrogens with zero attached hydrogens (tertiary/aromatic N) is 4. The van der Waals surface area contributed by atoms with Gasteiger partial charge in [-0.05, 0) is 36.4 Å². The molecule has 130 valence electrons. The van der Waals surface area contributed by atoms with Crippen LogP contribution in [0.1, 0.15) is 16.2 Å². The minimum Gasteiger partial charge on any atom is -0.345 e. The van der Waals surface area contributed by atoms with Crippen molar-refractivity contribution in [1.29, 1.82) is 0 Å². The van der Waals surface area contributed by atoms with Crippen molar-refractivity contribution in [1.82, 2.24) is 24.3 Å². The molecule has 2 aromatic heterocycles. The lowest BCUT2D eigenvalue weighted by molar-refractivity contribution is 0.0945. The molecule has 0 saturated carbocycles. The molecule has 0 atom stereocenters. The highest BCUT2D eigenvalue weighted by Crippen LogP contribution is 2.14. The van der Waals surface area contributed by atoms with Gasteiger partial charge in [0.15, 0.2) is 5.69 Å². The van der Waals surface area contributed by atoms with Crippen molar-refractivity contribution >= 4 is 15.9 Å². The number of rotatable bonds is 5. The van der Waals surface area contributed by atoms with Crippen molar-refractivity contribution < 1.29 is 17.6 Å². The van der Waals surface area contributed by atoms with Gasteiger partial charge in [0.2, 0.25) is 0 Å². The maximum atomic E-state index is 12.9. The Morgan fingerprint density at radius 2 is 1.84 bits per heavy atom. The molecule has 2 heterocycles. The summed E-state index contributed by atoms with van der Waals surface area (Å²) in [4.78, 5) is 12.0. The summed E-state index contributed by atoms with van der Waals surface area (Å²) in [5.74, 6) is -1.08. The van der Waals surface area contributed by atoms with Crippen LogP contribution in [0.4, 0.5) is 4.39 Å². The molecular formula is C15H14FN5O3S. The number of amides is 1. The second-order valence-corrected chi connectivity index (χ2v) is 6.99. The fraction of sp³-hybridized carbons (Fsp3) is 0.133. The van der Waals surface area contributed by atoms with Crippen LogP contribution in [0.15, 0.2) is 53.7 Å². The molecule has 3 aromatic rings. The number of aromatic nitrogens is 4. The van der Waals surface area contributed by atoms with Crippen LogP contribution in [-0.2, 0) is 23.6 Å². The van der Waals surface area contributed by atoms with Gasteiger partial charge in [-0.15, -0.1) is 0 Å². The molecule has 0 aliphatic rings. The summed E-state index contributed by atoms with van der Waals surface area (Å²) >= 11 is 0. The standard InChI is InChI=1S/C15H14FN5O3S/c1-20-8-6-12(18-20)10-17-15(22)14-7-9-21(19-14)25(23,24)13-4-2-11(16)3-5-13/h2-9H,10H2,1H3,(H,17,22). The van der Waals surface area contributed by atoms with E-state index in [1.54, 1.807) is 24.0 Å². The number of hydrogen-bond donors (Lipinski definition) is 1. The zero-order valence-electron chi connectivity index (χ0n) is 13.1. The summed E-state index contributed by atoms with van der Waals surface area (Å²) in [6, 6.07) is 7.38. The first-order chi connectivity index (χ1) is 11.9. The molecule has 10 heteroatoms. The number of aryl methyl sites for hydroxylation is 1. The molecular weight excluding hydrogens is 349 g/mol. The number of nitrogens with one attached hydrogen (secondary N) is 1. The monoisotopic (exact) mass is 363 g/mol. The summed E-state index contributed by atoms with van der Waals surface area (Å²) in [7, 11) is -2.23. The van der Waals surface area contributed by atoms with Crippen molar-refractivity contribution in [2.45, 2.75) is 11.4 Å². The Labute approximate surface area is 142 Å². The highest BCUT2D eigenvalue weighted by atomic mass is 32.2. The molecule has 1 amide bonds. The first kappa shape index (κ1) is 16.8. The Bertz CT molecular complexity index is 1010. The van der Waals surface area contributed by atoms with E-state index in [4.69, 9.17) is 0 Å². The predicted octanol–water partition coefficient (Wildman–Crippen LogP) is 0.923. The highest BCUT2D eigenvalue weighted by molar-refractivity contribution is 7.89. The van der Waals surface area contributed by atoms with E-state index in [1.165, 1.54) is 6.07 Å². The Morgan fingerprint density at radius 3 is 2.48 bits per heavy atom. The Morgan fingerprint density at radius 1 is 1.12 bits per heavy atom. The van der Waals surface area contributed by atoms with Crippen LogP contribution >= 0.6 is 0 Å². The molecule has 0 aliphatic carbocycles. The number of carbonyl (C=O) groups is 1. The highest BCUT2D eigenvalue weighted by Gasteiger charge is 2.20. The van der Waals surface area contributed by atoms with Gasteiger partial charge in [-0.25, -0.2) is 4.39 Å². The van der Waals surface area contributed by atoms with E-state index in [2.05, 4.69) is 15.5 Å². The second-order valence-electron chi connectivity index (χ2n) is 5.20. The van der Waals surface area contributed by atoms with E-state index in [0.717, 1.165) is 30.5 Å². The summed E-state index contributed by atoms with van der Waals surface area (Å²) in [6.45, 7) is 0.192. The Kier molecular flexibility index (Phi) is 4.36. The van der Waals surface area contributed by atoms with E-state index in [0.29, 0.717) is 9.78 Å². The van der Waals surface area contributed by atoms with Crippen LogP contribution in [0.3, 0.4) is 0 Å². The van der Waals surface area contributed by atoms with Crippen LogP contribution in [0, 0.1) is 5.82 Å². The van der Waals surface area contributed by atoms with Gasteiger partial charge in [0.25, 0.3) is 15.9 Å². The number of halogens is 1. The van der Waals surface area contributed by atoms with Gasteiger partial charge in [0.05, 0.1) is 17.1 Å². The maximum absolute atomic E-state index is 12.9. The SMILES string of the molecule is Cn1ccc(CNC(=O)c2ccn(S(=O)(=O)c3ccc(F)cc3)n2)n1. The Balaban J connectivity index is 1.75. The summed E-state index contributed by atoms with van der Waals surface area (Å²) < 4.78 is 40.0. The van der Waals surface area contributed by atoms with Crippen molar-refractivity contribution in [2.75, 3.05) is 0 Å². The van der Waals surface area contributed by atoms with Crippen LogP contribution in [0.25, 0.3) is 0 Å². The lowest BCUT2D eigenvalue weighted by Gasteiger charge is -2.04. The second kappa shape index (κ2) is 6.48. The largest absolute Gasteiger partial charge is 0.345 e. The number of hydrogen-bond acceptors (Lipinski definition) is 5. The lowest BCUT2D eigenvalue weighted by Crippen LogP contribution is -2.24. The molecule has 0 aliphatic heterocycles. The van der Waals surface area contributed by atoms with Crippen LogP contribution < -0.4 is 5.32 Å². The van der Waals surface area contributed by atoms with Gasteiger partial charge in [-0.1, -0.05) is 0 Å². The lowest BCUT2D eigenvalue weighted by atomic mass is 10.4. The molecule has 0 fully saturated rings. The molecule has 8 nitrogen and oxygen atoms in total. The molecule has 1 N–H and O–H groups in total. The minimum absolute atomic E-state index is 0.0541. The van der Waals surface area contributed by atoms with Crippen LogP contribution in [-0.4, -0.2) is 33.3 Å². The zero-order valence-corrected chi connectivity index (χ0v) is 13.9. The number of carbonyl (C=O) groups excluding carboxylic acids is 1. The van der Waals surface area contributed by atoms with Gasteiger partial charge >= 0.3 is 0 Å². The van der Waals surface area contributed by atoms with Crippen molar-refractivity contribution in [3.05, 3.63) is 66.0 Å². The minimum atomic E-state index is -3.99. The molecule has 0 radical (unpaired) electrons. The van der Waals surface area contributed by atoms with E-state index in [9.17, 15) is 17.6 Å². The van der Waals surface area contributed by atoms with Crippen molar-refractivity contribution in [3.8, 4) is 0 Å². The summed E-state index contributed by atoms with van der Waals surface area (Å²) in [6.07, 6.45) is 2.90. The third kappa shape index (κ3) is 3.58. The molecule has 0 saturated heterocycles. The number of benzene rings is 1. The van der Waals surface area contributed by atoms with E-state index < -0.39 is 21.7 Å². The fourth-order valence-corrected chi connectivity index (χ4v) is 3.21. The Hall–Kier alpha value is -3.01. The molecule has 0 unspecified atom stereocenters. The smallest absolute Gasteiger partial charge is 0.282 e. The van der Waals surface area contributed by atoms with Crippen molar-refractivity contribution in [3.63, 3.8) is 0 Å². The van der Waals surface area contributed by atoms with E-state index in [-0.39, 0.29) is 17.1 Å². The van der Waals surface area contributed by atoms with Gasteiger partial charge < -0.3 is 5.32 Å². The third-order valence-electron chi connectivity index (χ3n) is 3.36. The molecule has 0 bridgehead atoms. The van der Waals surface area contributed by atoms with Crippen molar-refractivity contribution in [2.24, 2.45) is 7.05 Å². The predicted molar refractivity (Wildman–Crippen MR) is 85.6 cm³/mol. The molecule has 25 heavy (non-hydrogen) atoms. The van der Waals surface area contributed by atoms with Gasteiger partial charge in [-0.2, -0.15) is 22.7 Å². The maximum Gasteiger partial charge on any atom is 0.282 e. The fourth-order valence-electron chi connectivity index (χ4n) is 2.10. The van der Waals surface area contributed by atoms with Gasteiger partial charge in [0, 0.05) is 19.4 Å². The quantitative estimate of drug-likeness (QED) is 0.727.